The molecule has 2 aliphatic rings. The Bertz CT molecular complexity index is 828. The molecule has 1 saturated carbocycles. The molecule has 3 heterocycles. The molecule has 1 atom stereocenters. The van der Waals surface area contributed by atoms with Gasteiger partial charge in [-0.15, -0.1) is 0 Å². The molecule has 2 aromatic heterocycles. The highest BCUT2D eigenvalue weighted by Crippen LogP contribution is 2.20. The van der Waals surface area contributed by atoms with Crippen molar-refractivity contribution < 1.29 is 9.59 Å². The van der Waals surface area contributed by atoms with Gasteiger partial charge < -0.3 is 20.1 Å². The highest BCUT2D eigenvalue weighted by Gasteiger charge is 2.34. The number of fused-ring (bicyclic) bond motifs is 1. The molecule has 2 N–H and O–H groups in total. The molecule has 26 heavy (non-hydrogen) atoms. The third-order valence-corrected chi connectivity index (χ3v) is 5.07. The van der Waals surface area contributed by atoms with Gasteiger partial charge in [-0.2, -0.15) is 0 Å². The first kappa shape index (κ1) is 17.0. The standard InChI is InChI=1S/C18H24N6O2/c1-23-15(22-13-3-2-8-20-17(13)23)6-7-16(25)24-10-9-19-11-14(24)18(26)21-12-4-5-12/h2-3,8,12,14,19H,4-7,9-11H2,1H3,(H,21,26). The van der Waals surface area contributed by atoms with Crippen molar-refractivity contribution in [3.8, 4) is 0 Å². The van der Waals surface area contributed by atoms with Gasteiger partial charge in [0.25, 0.3) is 0 Å². The zero-order valence-corrected chi connectivity index (χ0v) is 14.9. The van der Waals surface area contributed by atoms with Crippen molar-refractivity contribution in [2.75, 3.05) is 19.6 Å². The van der Waals surface area contributed by atoms with Gasteiger partial charge in [0, 0.05) is 51.8 Å². The lowest BCUT2D eigenvalue weighted by molar-refractivity contribution is -0.141. The number of aromatic nitrogens is 3. The van der Waals surface area contributed by atoms with E-state index in [1.807, 2.05) is 23.7 Å². The van der Waals surface area contributed by atoms with Crippen molar-refractivity contribution in [1.29, 1.82) is 0 Å². The number of carbonyl (C=O) groups excluding carboxylic acids is 2. The van der Waals surface area contributed by atoms with Crippen LogP contribution in [-0.2, 0) is 23.1 Å². The number of imidazole rings is 1. The SMILES string of the molecule is Cn1c(CCC(=O)N2CCNCC2C(=O)NC2CC2)nc2cccnc21. The lowest BCUT2D eigenvalue weighted by Crippen LogP contribution is -2.59. The number of pyridine rings is 1. The highest BCUT2D eigenvalue weighted by molar-refractivity contribution is 5.88. The van der Waals surface area contributed by atoms with Crippen molar-refractivity contribution >= 4 is 23.0 Å². The average molecular weight is 356 g/mol. The predicted molar refractivity (Wildman–Crippen MR) is 96.4 cm³/mol. The molecule has 8 heteroatoms. The Labute approximate surface area is 152 Å². The molecule has 1 aliphatic heterocycles. The minimum absolute atomic E-state index is 0.00228. The molecule has 0 aromatic carbocycles. The van der Waals surface area contributed by atoms with Gasteiger partial charge in [-0.1, -0.05) is 0 Å². The summed E-state index contributed by atoms with van der Waals surface area (Å²) in [5.41, 5.74) is 1.65. The first-order valence-electron chi connectivity index (χ1n) is 9.20. The Hall–Kier alpha value is -2.48. The molecule has 2 aromatic rings. The van der Waals surface area contributed by atoms with Crippen LogP contribution in [-0.4, -0.2) is 63.0 Å². The first-order chi connectivity index (χ1) is 12.6. The maximum atomic E-state index is 12.8. The summed E-state index contributed by atoms with van der Waals surface area (Å²) in [4.78, 5) is 35.8. The number of hydrogen-bond donors (Lipinski definition) is 2. The molecule has 0 radical (unpaired) electrons. The molecule has 1 aliphatic carbocycles. The van der Waals surface area contributed by atoms with Crippen molar-refractivity contribution in [3.05, 3.63) is 24.2 Å². The first-order valence-corrected chi connectivity index (χ1v) is 9.20. The normalized spacial score (nSPS) is 20.3. The van der Waals surface area contributed by atoms with Crippen molar-refractivity contribution in [1.82, 2.24) is 30.1 Å². The van der Waals surface area contributed by atoms with E-state index in [1.54, 1.807) is 11.1 Å². The summed E-state index contributed by atoms with van der Waals surface area (Å²) < 4.78 is 1.93. The minimum atomic E-state index is -0.418. The molecule has 138 valence electrons. The van der Waals surface area contributed by atoms with E-state index in [9.17, 15) is 9.59 Å². The van der Waals surface area contributed by atoms with Crippen LogP contribution in [0.3, 0.4) is 0 Å². The van der Waals surface area contributed by atoms with E-state index in [2.05, 4.69) is 20.6 Å². The quantitative estimate of drug-likeness (QED) is 0.786. The summed E-state index contributed by atoms with van der Waals surface area (Å²) >= 11 is 0. The fourth-order valence-electron chi connectivity index (χ4n) is 3.42. The number of rotatable bonds is 5. The van der Waals surface area contributed by atoms with Crippen LogP contribution in [0.4, 0.5) is 0 Å². The molecule has 0 spiro atoms. The topological polar surface area (TPSA) is 92.2 Å². The van der Waals surface area contributed by atoms with E-state index in [1.165, 1.54) is 0 Å². The lowest BCUT2D eigenvalue weighted by atomic mass is 10.1. The number of nitrogens with zero attached hydrogens (tertiary/aromatic N) is 4. The van der Waals surface area contributed by atoms with Gasteiger partial charge in [0.15, 0.2) is 5.65 Å². The van der Waals surface area contributed by atoms with Gasteiger partial charge in [-0.25, -0.2) is 9.97 Å². The fraction of sp³-hybridized carbons (Fsp3) is 0.556. The summed E-state index contributed by atoms with van der Waals surface area (Å²) in [5.74, 6) is 0.795. The largest absolute Gasteiger partial charge is 0.352 e. The average Bonchev–Trinajstić information content (AvgIpc) is 3.42. The number of nitrogens with one attached hydrogen (secondary N) is 2. The zero-order valence-electron chi connectivity index (χ0n) is 14.9. The van der Waals surface area contributed by atoms with Crippen LogP contribution in [0.25, 0.3) is 11.2 Å². The molecule has 2 amide bonds. The third-order valence-electron chi connectivity index (χ3n) is 5.07. The highest BCUT2D eigenvalue weighted by atomic mass is 16.2. The van der Waals surface area contributed by atoms with E-state index >= 15 is 0 Å². The number of carbonyl (C=O) groups is 2. The minimum Gasteiger partial charge on any atom is -0.352 e. The number of piperazine rings is 1. The summed E-state index contributed by atoms with van der Waals surface area (Å²) in [6.45, 7) is 1.79. The van der Waals surface area contributed by atoms with Gasteiger partial charge in [0.2, 0.25) is 11.8 Å². The molecule has 2 fully saturated rings. The summed E-state index contributed by atoms with van der Waals surface area (Å²) in [5, 5.41) is 6.23. The Kier molecular flexibility index (Phi) is 4.58. The molecular formula is C18H24N6O2. The van der Waals surface area contributed by atoms with Crippen LogP contribution in [0.5, 0.6) is 0 Å². The summed E-state index contributed by atoms with van der Waals surface area (Å²) in [7, 11) is 1.92. The van der Waals surface area contributed by atoms with Crippen molar-refractivity contribution in [3.63, 3.8) is 0 Å². The smallest absolute Gasteiger partial charge is 0.244 e. The van der Waals surface area contributed by atoms with Crippen LogP contribution in [0, 0.1) is 0 Å². The second-order valence-electron chi connectivity index (χ2n) is 7.02. The number of hydrogen-bond acceptors (Lipinski definition) is 5. The van der Waals surface area contributed by atoms with Crippen LogP contribution in [0.15, 0.2) is 18.3 Å². The predicted octanol–water partition coefficient (Wildman–Crippen LogP) is -0.0201. The lowest BCUT2D eigenvalue weighted by Gasteiger charge is -2.35. The van der Waals surface area contributed by atoms with Gasteiger partial charge in [-0.05, 0) is 25.0 Å². The third kappa shape index (κ3) is 3.41. The van der Waals surface area contributed by atoms with Crippen molar-refractivity contribution in [2.24, 2.45) is 7.05 Å². The second kappa shape index (κ2) is 7.03. The monoisotopic (exact) mass is 356 g/mol. The fourth-order valence-corrected chi connectivity index (χ4v) is 3.42. The number of amides is 2. The summed E-state index contributed by atoms with van der Waals surface area (Å²) in [6.07, 6.45) is 4.70. The molecule has 0 bridgehead atoms. The maximum absolute atomic E-state index is 12.8. The summed E-state index contributed by atoms with van der Waals surface area (Å²) in [6, 6.07) is 3.66. The number of aryl methyl sites for hydroxylation is 2. The maximum Gasteiger partial charge on any atom is 0.244 e. The Morgan fingerprint density at radius 2 is 2.23 bits per heavy atom. The molecule has 8 nitrogen and oxygen atoms in total. The Morgan fingerprint density at radius 3 is 3.00 bits per heavy atom. The van der Waals surface area contributed by atoms with Crippen LogP contribution in [0.2, 0.25) is 0 Å². The Balaban J connectivity index is 1.42. The molecule has 1 unspecified atom stereocenters. The van der Waals surface area contributed by atoms with Gasteiger partial charge in [0.1, 0.15) is 17.4 Å². The van der Waals surface area contributed by atoms with E-state index in [4.69, 9.17) is 0 Å². The van der Waals surface area contributed by atoms with Gasteiger partial charge >= 0.3 is 0 Å². The molecule has 1 saturated heterocycles. The van der Waals surface area contributed by atoms with E-state index < -0.39 is 6.04 Å². The van der Waals surface area contributed by atoms with Crippen molar-refractivity contribution in [2.45, 2.75) is 37.8 Å². The van der Waals surface area contributed by atoms with E-state index in [0.29, 0.717) is 32.0 Å². The molecule has 4 rings (SSSR count). The van der Waals surface area contributed by atoms with Gasteiger partial charge in [0.05, 0.1) is 0 Å². The zero-order chi connectivity index (χ0) is 18.1. The van der Waals surface area contributed by atoms with Crippen LogP contribution >= 0.6 is 0 Å². The second-order valence-corrected chi connectivity index (χ2v) is 7.02. The van der Waals surface area contributed by atoms with E-state index in [-0.39, 0.29) is 11.8 Å². The van der Waals surface area contributed by atoms with Gasteiger partial charge in [-0.3, -0.25) is 9.59 Å². The van der Waals surface area contributed by atoms with E-state index in [0.717, 1.165) is 36.4 Å². The van der Waals surface area contributed by atoms with Crippen LogP contribution in [0.1, 0.15) is 25.1 Å². The Morgan fingerprint density at radius 1 is 1.38 bits per heavy atom. The molecular weight excluding hydrogens is 332 g/mol. The van der Waals surface area contributed by atoms with Crippen LogP contribution < -0.4 is 10.6 Å².